The number of nitrogens with zero attached hydrogens (tertiary/aromatic N) is 2. The van der Waals surface area contributed by atoms with Crippen LogP contribution in [-0.2, 0) is 0 Å². The SMILES string of the molecule is O=c1[nH]c2cccnc2n1-c1ccc(Cl)cc1. The van der Waals surface area contributed by atoms with E-state index in [1.54, 1.807) is 36.5 Å². The first-order valence-corrected chi connectivity index (χ1v) is 5.45. The molecule has 0 unspecified atom stereocenters. The molecule has 0 aliphatic rings. The Hall–Kier alpha value is -2.07. The number of halogens is 1. The van der Waals surface area contributed by atoms with Gasteiger partial charge >= 0.3 is 5.69 Å². The molecule has 0 radical (unpaired) electrons. The van der Waals surface area contributed by atoms with Crippen LogP contribution in [0.3, 0.4) is 0 Å². The van der Waals surface area contributed by atoms with Crippen molar-refractivity contribution in [3.8, 4) is 5.69 Å². The van der Waals surface area contributed by atoms with Crippen molar-refractivity contribution in [2.45, 2.75) is 0 Å². The third-order valence-electron chi connectivity index (χ3n) is 2.53. The Bertz CT molecular complexity index is 727. The molecular weight excluding hydrogens is 238 g/mol. The van der Waals surface area contributed by atoms with Crippen LogP contribution >= 0.6 is 11.6 Å². The van der Waals surface area contributed by atoms with E-state index in [1.165, 1.54) is 4.57 Å². The summed E-state index contributed by atoms with van der Waals surface area (Å²) in [6.07, 6.45) is 1.65. The van der Waals surface area contributed by atoms with Crippen molar-refractivity contribution in [1.82, 2.24) is 14.5 Å². The van der Waals surface area contributed by atoms with Gasteiger partial charge in [-0.2, -0.15) is 0 Å². The average Bonchev–Trinajstić information content (AvgIpc) is 2.66. The van der Waals surface area contributed by atoms with Crippen molar-refractivity contribution in [3.63, 3.8) is 0 Å². The normalized spacial score (nSPS) is 10.9. The molecule has 0 bridgehead atoms. The first kappa shape index (κ1) is 10.1. The molecule has 1 aromatic carbocycles. The molecule has 0 atom stereocenters. The molecule has 17 heavy (non-hydrogen) atoms. The van der Waals surface area contributed by atoms with Crippen LogP contribution in [-0.4, -0.2) is 14.5 Å². The zero-order chi connectivity index (χ0) is 11.8. The summed E-state index contributed by atoms with van der Waals surface area (Å²) in [4.78, 5) is 18.8. The van der Waals surface area contributed by atoms with E-state index in [0.717, 1.165) is 5.69 Å². The summed E-state index contributed by atoms with van der Waals surface area (Å²) in [5, 5.41) is 0.634. The smallest absolute Gasteiger partial charge is 0.304 e. The van der Waals surface area contributed by atoms with Crippen LogP contribution in [0, 0.1) is 0 Å². The maximum absolute atomic E-state index is 11.9. The van der Waals surface area contributed by atoms with Gasteiger partial charge in [0, 0.05) is 11.2 Å². The van der Waals surface area contributed by atoms with Gasteiger partial charge in [0.1, 0.15) is 0 Å². The van der Waals surface area contributed by atoms with Gasteiger partial charge in [0.25, 0.3) is 0 Å². The van der Waals surface area contributed by atoms with Gasteiger partial charge < -0.3 is 4.98 Å². The fourth-order valence-corrected chi connectivity index (χ4v) is 1.90. The number of hydrogen-bond donors (Lipinski definition) is 1. The number of aromatic amines is 1. The third-order valence-corrected chi connectivity index (χ3v) is 2.78. The first-order chi connectivity index (χ1) is 8.25. The molecule has 3 rings (SSSR count). The number of benzene rings is 1. The van der Waals surface area contributed by atoms with E-state index >= 15 is 0 Å². The molecule has 0 fully saturated rings. The molecule has 1 N–H and O–H groups in total. The summed E-state index contributed by atoms with van der Waals surface area (Å²) in [6.45, 7) is 0. The largest absolute Gasteiger partial charge is 0.332 e. The van der Waals surface area contributed by atoms with E-state index in [4.69, 9.17) is 11.6 Å². The molecular formula is C12H8ClN3O. The van der Waals surface area contributed by atoms with Crippen LogP contribution in [0.5, 0.6) is 0 Å². The molecule has 4 nitrogen and oxygen atoms in total. The van der Waals surface area contributed by atoms with Gasteiger partial charge in [-0.15, -0.1) is 0 Å². The average molecular weight is 246 g/mol. The van der Waals surface area contributed by atoms with Crippen molar-refractivity contribution in [1.29, 1.82) is 0 Å². The Labute approximate surface area is 101 Å². The van der Waals surface area contributed by atoms with Gasteiger partial charge in [-0.05, 0) is 36.4 Å². The molecule has 2 aromatic heterocycles. The maximum Gasteiger partial charge on any atom is 0.332 e. The van der Waals surface area contributed by atoms with E-state index in [0.29, 0.717) is 16.2 Å². The lowest BCUT2D eigenvalue weighted by molar-refractivity contribution is 1.00. The number of nitrogens with one attached hydrogen (secondary N) is 1. The molecule has 5 heteroatoms. The van der Waals surface area contributed by atoms with E-state index in [1.807, 2.05) is 6.07 Å². The van der Waals surface area contributed by atoms with Crippen LogP contribution in [0.25, 0.3) is 16.9 Å². The summed E-state index contributed by atoms with van der Waals surface area (Å²) < 4.78 is 1.52. The van der Waals surface area contributed by atoms with Gasteiger partial charge in [-0.1, -0.05) is 11.6 Å². The predicted molar refractivity (Wildman–Crippen MR) is 66.7 cm³/mol. The van der Waals surface area contributed by atoms with Crippen LogP contribution in [0.1, 0.15) is 0 Å². The quantitative estimate of drug-likeness (QED) is 0.716. The van der Waals surface area contributed by atoms with Crippen LogP contribution in [0.15, 0.2) is 47.4 Å². The Balaban J connectivity index is 2.33. The Morgan fingerprint density at radius 2 is 1.94 bits per heavy atom. The van der Waals surface area contributed by atoms with Crippen molar-refractivity contribution in [2.75, 3.05) is 0 Å². The topological polar surface area (TPSA) is 50.7 Å². The van der Waals surface area contributed by atoms with Crippen LogP contribution in [0.2, 0.25) is 5.02 Å². The summed E-state index contributed by atoms with van der Waals surface area (Å²) in [5.41, 5.74) is 1.86. The van der Waals surface area contributed by atoms with Gasteiger partial charge in [0.2, 0.25) is 0 Å². The summed E-state index contributed by atoms with van der Waals surface area (Å²) in [6, 6.07) is 10.6. The van der Waals surface area contributed by atoms with Crippen molar-refractivity contribution in [3.05, 3.63) is 58.1 Å². The molecule has 0 aliphatic heterocycles. The minimum Gasteiger partial charge on any atom is -0.304 e. The van der Waals surface area contributed by atoms with Crippen molar-refractivity contribution in [2.24, 2.45) is 0 Å². The molecule has 0 aliphatic carbocycles. The van der Waals surface area contributed by atoms with E-state index < -0.39 is 0 Å². The first-order valence-electron chi connectivity index (χ1n) is 5.07. The van der Waals surface area contributed by atoms with Gasteiger partial charge in [0.05, 0.1) is 11.2 Å². The molecule has 3 aromatic rings. The summed E-state index contributed by atoms with van der Waals surface area (Å²) >= 11 is 5.82. The minimum atomic E-state index is -0.207. The van der Waals surface area contributed by atoms with E-state index in [-0.39, 0.29) is 5.69 Å². The molecule has 0 saturated carbocycles. The van der Waals surface area contributed by atoms with E-state index in [2.05, 4.69) is 9.97 Å². The predicted octanol–water partition coefficient (Wildman–Crippen LogP) is 2.37. The number of imidazole rings is 1. The van der Waals surface area contributed by atoms with Crippen LogP contribution in [0.4, 0.5) is 0 Å². The molecule has 0 spiro atoms. The van der Waals surface area contributed by atoms with Crippen molar-refractivity contribution >= 4 is 22.8 Å². The second-order valence-electron chi connectivity index (χ2n) is 3.62. The van der Waals surface area contributed by atoms with Gasteiger partial charge in [-0.25, -0.2) is 14.3 Å². The highest BCUT2D eigenvalue weighted by Gasteiger charge is 2.08. The lowest BCUT2D eigenvalue weighted by Gasteiger charge is -2.01. The molecule has 0 amide bonds. The Morgan fingerprint density at radius 1 is 1.18 bits per heavy atom. The summed E-state index contributed by atoms with van der Waals surface area (Å²) in [7, 11) is 0. The Morgan fingerprint density at radius 3 is 2.71 bits per heavy atom. The number of H-pyrrole nitrogens is 1. The lowest BCUT2D eigenvalue weighted by Crippen LogP contribution is -2.14. The van der Waals surface area contributed by atoms with E-state index in [9.17, 15) is 4.79 Å². The second kappa shape index (κ2) is 3.75. The third kappa shape index (κ3) is 1.62. The maximum atomic E-state index is 11.9. The minimum absolute atomic E-state index is 0.207. The standard InChI is InChI=1S/C12H8ClN3O/c13-8-3-5-9(6-4-8)16-11-10(15-12(16)17)2-1-7-14-11/h1-7H,(H,15,17). The van der Waals surface area contributed by atoms with Crippen molar-refractivity contribution < 1.29 is 0 Å². The van der Waals surface area contributed by atoms with Gasteiger partial charge in [-0.3, -0.25) is 0 Å². The highest BCUT2D eigenvalue weighted by Crippen LogP contribution is 2.15. The monoisotopic (exact) mass is 245 g/mol. The van der Waals surface area contributed by atoms with Crippen LogP contribution < -0.4 is 5.69 Å². The fourth-order valence-electron chi connectivity index (χ4n) is 1.77. The highest BCUT2D eigenvalue weighted by atomic mass is 35.5. The lowest BCUT2D eigenvalue weighted by atomic mass is 10.3. The molecule has 0 saturated heterocycles. The number of aromatic nitrogens is 3. The zero-order valence-corrected chi connectivity index (χ0v) is 9.48. The summed E-state index contributed by atoms with van der Waals surface area (Å²) in [5.74, 6) is 0. The fraction of sp³-hybridized carbons (Fsp3) is 0. The number of rotatable bonds is 1. The number of pyridine rings is 1. The molecule has 84 valence electrons. The Kier molecular flexibility index (Phi) is 2.23. The second-order valence-corrected chi connectivity index (χ2v) is 4.05. The zero-order valence-electron chi connectivity index (χ0n) is 8.72. The molecule has 2 heterocycles. The highest BCUT2D eigenvalue weighted by molar-refractivity contribution is 6.30. The number of hydrogen-bond acceptors (Lipinski definition) is 2. The van der Waals surface area contributed by atoms with Gasteiger partial charge in [0.15, 0.2) is 5.65 Å². The number of fused-ring (bicyclic) bond motifs is 1.